The van der Waals surface area contributed by atoms with E-state index in [4.69, 9.17) is 0 Å². The first-order valence-corrected chi connectivity index (χ1v) is 5.76. The zero-order valence-corrected chi connectivity index (χ0v) is 10.0. The van der Waals surface area contributed by atoms with Gasteiger partial charge in [0.05, 0.1) is 29.6 Å². The number of nitrogens with one attached hydrogen (secondary N) is 1. The van der Waals surface area contributed by atoms with Gasteiger partial charge in [0.25, 0.3) is 0 Å². The van der Waals surface area contributed by atoms with Gasteiger partial charge < -0.3 is 5.32 Å². The largest absolute Gasteiger partial charge is 0.377 e. The molecule has 0 aliphatic rings. The van der Waals surface area contributed by atoms with Crippen LogP contribution >= 0.6 is 0 Å². The summed E-state index contributed by atoms with van der Waals surface area (Å²) < 4.78 is 1.79. The molecule has 0 radical (unpaired) electrons. The molecule has 0 bridgehead atoms. The monoisotopic (exact) mass is 239 g/mol. The van der Waals surface area contributed by atoms with E-state index in [2.05, 4.69) is 20.6 Å². The molecule has 0 fully saturated rings. The predicted octanol–water partition coefficient (Wildman–Crippen LogP) is 1.98. The van der Waals surface area contributed by atoms with Crippen LogP contribution in [0, 0.1) is 0 Å². The number of hydrogen-bond acceptors (Lipinski definition) is 4. The summed E-state index contributed by atoms with van der Waals surface area (Å²) in [5, 5.41) is 16.8. The molecule has 0 amide bonds. The summed E-state index contributed by atoms with van der Waals surface area (Å²) in [6.07, 6.45) is 3.67. The minimum absolute atomic E-state index is 0.677. The Morgan fingerprint density at radius 1 is 1.22 bits per heavy atom. The molecule has 3 aromatic rings. The topological polar surface area (TPSA) is 55.6 Å². The molecule has 3 rings (SSSR count). The summed E-state index contributed by atoms with van der Waals surface area (Å²) in [6.45, 7) is 0.677. The smallest absolute Gasteiger partial charge is 0.0950 e. The maximum absolute atomic E-state index is 4.32. The molecule has 2 heterocycles. The standard InChI is InChI=1S/C13H13N5/c1-18-7-6-10(17-18)8-14-13-9-15-16-12-5-3-2-4-11(12)13/h2-7,9H,8H2,1H3,(H,14,16). The van der Waals surface area contributed by atoms with Gasteiger partial charge in [-0.05, 0) is 12.1 Å². The summed E-state index contributed by atoms with van der Waals surface area (Å²) in [5.74, 6) is 0. The number of aryl methyl sites for hydroxylation is 1. The Kier molecular flexibility index (Phi) is 2.64. The predicted molar refractivity (Wildman–Crippen MR) is 70.1 cm³/mol. The normalized spacial score (nSPS) is 10.7. The molecule has 2 aromatic heterocycles. The lowest BCUT2D eigenvalue weighted by molar-refractivity contribution is 0.747. The lowest BCUT2D eigenvalue weighted by Gasteiger charge is -2.06. The van der Waals surface area contributed by atoms with Crippen LogP contribution < -0.4 is 5.32 Å². The molecule has 5 nitrogen and oxygen atoms in total. The van der Waals surface area contributed by atoms with Crippen molar-refractivity contribution >= 4 is 16.6 Å². The second-order valence-electron chi connectivity index (χ2n) is 4.11. The lowest BCUT2D eigenvalue weighted by atomic mass is 10.2. The van der Waals surface area contributed by atoms with Crippen molar-refractivity contribution in [3.8, 4) is 0 Å². The Labute approximate surface area is 104 Å². The number of fused-ring (bicyclic) bond motifs is 1. The molecule has 0 atom stereocenters. The molecule has 18 heavy (non-hydrogen) atoms. The fraction of sp³-hybridized carbons (Fsp3) is 0.154. The van der Waals surface area contributed by atoms with Crippen molar-refractivity contribution in [2.24, 2.45) is 7.05 Å². The van der Waals surface area contributed by atoms with Crippen molar-refractivity contribution in [1.82, 2.24) is 20.0 Å². The summed E-state index contributed by atoms with van der Waals surface area (Å²) in [4.78, 5) is 0. The van der Waals surface area contributed by atoms with Gasteiger partial charge in [-0.3, -0.25) is 4.68 Å². The van der Waals surface area contributed by atoms with Gasteiger partial charge in [0, 0.05) is 18.6 Å². The average molecular weight is 239 g/mol. The van der Waals surface area contributed by atoms with Crippen LogP contribution in [-0.4, -0.2) is 20.0 Å². The van der Waals surface area contributed by atoms with Crippen LogP contribution in [0.5, 0.6) is 0 Å². The van der Waals surface area contributed by atoms with E-state index in [-0.39, 0.29) is 0 Å². The Morgan fingerprint density at radius 3 is 2.94 bits per heavy atom. The fourth-order valence-corrected chi connectivity index (χ4v) is 1.89. The summed E-state index contributed by atoms with van der Waals surface area (Å²) in [6, 6.07) is 9.93. The number of aromatic nitrogens is 4. The molecule has 0 aliphatic heterocycles. The highest BCUT2D eigenvalue weighted by Gasteiger charge is 2.02. The minimum atomic E-state index is 0.677. The summed E-state index contributed by atoms with van der Waals surface area (Å²) in [5.41, 5.74) is 2.87. The molecule has 1 aromatic carbocycles. The number of benzene rings is 1. The van der Waals surface area contributed by atoms with Gasteiger partial charge in [0.1, 0.15) is 0 Å². The average Bonchev–Trinajstić information content (AvgIpc) is 2.82. The van der Waals surface area contributed by atoms with E-state index >= 15 is 0 Å². The summed E-state index contributed by atoms with van der Waals surface area (Å²) in [7, 11) is 1.91. The SMILES string of the molecule is Cn1ccc(CNc2cnnc3ccccc23)n1. The Hall–Kier alpha value is -2.43. The van der Waals surface area contributed by atoms with E-state index in [0.717, 1.165) is 22.3 Å². The Morgan fingerprint density at radius 2 is 2.11 bits per heavy atom. The lowest BCUT2D eigenvalue weighted by Crippen LogP contribution is -2.02. The first kappa shape index (κ1) is 10.7. The zero-order chi connectivity index (χ0) is 12.4. The highest BCUT2D eigenvalue weighted by Crippen LogP contribution is 2.20. The Balaban J connectivity index is 1.86. The molecule has 0 unspecified atom stereocenters. The maximum atomic E-state index is 4.32. The first-order valence-electron chi connectivity index (χ1n) is 5.76. The highest BCUT2D eigenvalue weighted by atomic mass is 15.3. The van der Waals surface area contributed by atoms with Gasteiger partial charge >= 0.3 is 0 Å². The van der Waals surface area contributed by atoms with Crippen LogP contribution in [-0.2, 0) is 13.6 Å². The fourth-order valence-electron chi connectivity index (χ4n) is 1.89. The van der Waals surface area contributed by atoms with Crippen molar-refractivity contribution < 1.29 is 0 Å². The molecule has 90 valence electrons. The molecule has 0 spiro atoms. The van der Waals surface area contributed by atoms with Gasteiger partial charge in [-0.1, -0.05) is 18.2 Å². The van der Waals surface area contributed by atoms with Gasteiger partial charge in [0.15, 0.2) is 0 Å². The highest BCUT2D eigenvalue weighted by molar-refractivity contribution is 5.90. The number of rotatable bonds is 3. The quantitative estimate of drug-likeness (QED) is 0.759. The second kappa shape index (κ2) is 4.44. The second-order valence-corrected chi connectivity index (χ2v) is 4.11. The van der Waals surface area contributed by atoms with Crippen LogP contribution in [0.25, 0.3) is 10.9 Å². The minimum Gasteiger partial charge on any atom is -0.377 e. The molecule has 0 aliphatic carbocycles. The van der Waals surface area contributed by atoms with Gasteiger partial charge in [-0.15, -0.1) is 0 Å². The van der Waals surface area contributed by atoms with Crippen molar-refractivity contribution in [3.05, 3.63) is 48.4 Å². The van der Waals surface area contributed by atoms with Gasteiger partial charge in [-0.2, -0.15) is 15.3 Å². The molecular weight excluding hydrogens is 226 g/mol. The third kappa shape index (κ3) is 2.02. The van der Waals surface area contributed by atoms with Crippen LogP contribution in [0.2, 0.25) is 0 Å². The van der Waals surface area contributed by atoms with E-state index in [9.17, 15) is 0 Å². The molecule has 0 saturated heterocycles. The summed E-state index contributed by atoms with van der Waals surface area (Å²) >= 11 is 0. The van der Waals surface area contributed by atoms with Crippen LogP contribution in [0.1, 0.15) is 5.69 Å². The molecule has 0 saturated carbocycles. The first-order chi connectivity index (χ1) is 8.83. The van der Waals surface area contributed by atoms with E-state index in [1.807, 2.05) is 43.6 Å². The third-order valence-corrected chi connectivity index (χ3v) is 2.78. The van der Waals surface area contributed by atoms with Crippen LogP contribution in [0.15, 0.2) is 42.7 Å². The number of nitrogens with zero attached hydrogens (tertiary/aromatic N) is 4. The zero-order valence-electron chi connectivity index (χ0n) is 10.0. The molecule has 5 heteroatoms. The van der Waals surface area contributed by atoms with Crippen molar-refractivity contribution in [2.75, 3.05) is 5.32 Å². The molecule has 1 N–H and O–H groups in total. The third-order valence-electron chi connectivity index (χ3n) is 2.78. The van der Waals surface area contributed by atoms with Gasteiger partial charge in [0.2, 0.25) is 0 Å². The van der Waals surface area contributed by atoms with Crippen molar-refractivity contribution in [2.45, 2.75) is 6.54 Å². The van der Waals surface area contributed by atoms with Crippen LogP contribution in [0.4, 0.5) is 5.69 Å². The van der Waals surface area contributed by atoms with Crippen molar-refractivity contribution in [3.63, 3.8) is 0 Å². The van der Waals surface area contributed by atoms with E-state index in [0.29, 0.717) is 6.54 Å². The molecular formula is C13H13N5. The Bertz CT molecular complexity index is 668. The van der Waals surface area contributed by atoms with E-state index in [1.54, 1.807) is 10.9 Å². The van der Waals surface area contributed by atoms with Gasteiger partial charge in [-0.25, -0.2) is 0 Å². The van der Waals surface area contributed by atoms with E-state index in [1.165, 1.54) is 0 Å². The number of anilines is 1. The van der Waals surface area contributed by atoms with Crippen molar-refractivity contribution in [1.29, 1.82) is 0 Å². The van der Waals surface area contributed by atoms with E-state index < -0.39 is 0 Å². The van der Waals surface area contributed by atoms with Crippen LogP contribution in [0.3, 0.4) is 0 Å². The maximum Gasteiger partial charge on any atom is 0.0950 e. The number of hydrogen-bond donors (Lipinski definition) is 1.